The van der Waals surface area contributed by atoms with E-state index in [2.05, 4.69) is 97.1 Å². The SMILES string of the molecule is N#Cc1cccc(-c2cc(-c3ccc4sc5ccccc5c4c3)ccc2-c2cccc3c2oc2ccccc23)c1. The molecule has 0 atom stereocenters. The Labute approximate surface area is 235 Å². The minimum atomic E-state index is 0.641. The van der Waals surface area contributed by atoms with Crippen LogP contribution >= 0.6 is 11.3 Å². The van der Waals surface area contributed by atoms with Gasteiger partial charge in [0.15, 0.2) is 0 Å². The molecule has 0 aliphatic rings. The van der Waals surface area contributed by atoms with Gasteiger partial charge in [-0.3, -0.25) is 0 Å². The highest BCUT2D eigenvalue weighted by atomic mass is 32.1. The molecule has 0 bridgehead atoms. The van der Waals surface area contributed by atoms with E-state index in [4.69, 9.17) is 4.42 Å². The van der Waals surface area contributed by atoms with Crippen LogP contribution in [0.4, 0.5) is 0 Å². The first-order chi connectivity index (χ1) is 19.8. The molecule has 0 aliphatic heterocycles. The van der Waals surface area contributed by atoms with Gasteiger partial charge in [-0.25, -0.2) is 0 Å². The van der Waals surface area contributed by atoms with Crippen molar-refractivity contribution in [2.75, 3.05) is 0 Å². The summed E-state index contributed by atoms with van der Waals surface area (Å²) in [6, 6.07) is 46.7. The monoisotopic (exact) mass is 527 g/mol. The molecule has 6 aromatic carbocycles. The van der Waals surface area contributed by atoms with Crippen LogP contribution in [0.15, 0.2) is 132 Å². The minimum absolute atomic E-state index is 0.641. The molecule has 186 valence electrons. The zero-order chi connectivity index (χ0) is 26.6. The van der Waals surface area contributed by atoms with Crippen LogP contribution in [0.5, 0.6) is 0 Å². The number of fused-ring (bicyclic) bond motifs is 6. The summed E-state index contributed by atoms with van der Waals surface area (Å²) >= 11 is 1.83. The highest BCUT2D eigenvalue weighted by Crippen LogP contribution is 2.42. The van der Waals surface area contributed by atoms with Crippen molar-refractivity contribution in [1.29, 1.82) is 5.26 Å². The van der Waals surface area contributed by atoms with Gasteiger partial charge < -0.3 is 4.42 Å². The summed E-state index contributed by atoms with van der Waals surface area (Å²) in [6.45, 7) is 0. The normalized spacial score (nSPS) is 11.5. The smallest absolute Gasteiger partial charge is 0.143 e. The Kier molecular flexibility index (Phi) is 5.10. The Morgan fingerprint density at radius 3 is 2.17 bits per heavy atom. The molecule has 40 heavy (non-hydrogen) atoms. The van der Waals surface area contributed by atoms with Gasteiger partial charge >= 0.3 is 0 Å². The first kappa shape index (κ1) is 22.8. The maximum Gasteiger partial charge on any atom is 0.143 e. The van der Waals surface area contributed by atoms with Gasteiger partial charge in [0.05, 0.1) is 11.6 Å². The van der Waals surface area contributed by atoms with Gasteiger partial charge in [-0.05, 0) is 70.3 Å². The Balaban J connectivity index is 1.38. The summed E-state index contributed by atoms with van der Waals surface area (Å²) in [5.74, 6) is 0. The van der Waals surface area contributed by atoms with Crippen LogP contribution in [0.1, 0.15) is 5.56 Å². The highest BCUT2D eigenvalue weighted by molar-refractivity contribution is 7.25. The molecule has 2 aromatic heterocycles. The molecule has 0 aliphatic carbocycles. The van der Waals surface area contributed by atoms with Gasteiger partial charge in [-0.15, -0.1) is 11.3 Å². The van der Waals surface area contributed by atoms with Crippen molar-refractivity contribution >= 4 is 53.4 Å². The first-order valence-corrected chi connectivity index (χ1v) is 14.1. The predicted octanol–water partition coefficient (Wildman–Crippen LogP) is 10.8. The lowest BCUT2D eigenvalue weighted by Gasteiger charge is -2.14. The van der Waals surface area contributed by atoms with Gasteiger partial charge in [0, 0.05) is 36.5 Å². The van der Waals surface area contributed by atoms with Gasteiger partial charge in [0.1, 0.15) is 11.2 Å². The van der Waals surface area contributed by atoms with E-state index in [0.717, 1.165) is 49.8 Å². The fourth-order valence-electron chi connectivity index (χ4n) is 5.82. The maximum absolute atomic E-state index is 9.65. The molecule has 0 N–H and O–H groups in total. The van der Waals surface area contributed by atoms with E-state index in [0.29, 0.717) is 5.56 Å². The Bertz CT molecular complexity index is 2300. The van der Waals surface area contributed by atoms with Crippen LogP contribution in [0, 0.1) is 11.3 Å². The number of hydrogen-bond donors (Lipinski definition) is 0. The summed E-state index contributed by atoms with van der Waals surface area (Å²) in [6.07, 6.45) is 0. The number of para-hydroxylation sites is 2. The van der Waals surface area contributed by atoms with Crippen LogP contribution in [0.3, 0.4) is 0 Å². The zero-order valence-corrected chi connectivity index (χ0v) is 22.2. The van der Waals surface area contributed by atoms with Crippen molar-refractivity contribution in [1.82, 2.24) is 0 Å². The average molecular weight is 528 g/mol. The molecule has 8 rings (SSSR count). The van der Waals surface area contributed by atoms with Gasteiger partial charge in [-0.2, -0.15) is 5.26 Å². The number of furan rings is 1. The first-order valence-electron chi connectivity index (χ1n) is 13.2. The Hall–Kier alpha value is -5.17. The molecule has 0 unspecified atom stereocenters. The second-order valence-corrected chi connectivity index (χ2v) is 11.1. The van der Waals surface area contributed by atoms with Crippen LogP contribution < -0.4 is 0 Å². The standard InChI is InChI=1S/C37H21NOS/c38-22-23-7-5-8-26(19-23)32-20-24(25-16-18-36-33(21-25)29-10-2-4-14-35(29)40-36)15-17-27(32)30-11-6-12-31-28-9-1-3-13-34(28)39-37(30)31/h1-21H. The predicted molar refractivity (Wildman–Crippen MR) is 168 cm³/mol. The quantitative estimate of drug-likeness (QED) is 0.229. The van der Waals surface area contributed by atoms with Gasteiger partial charge in [-0.1, -0.05) is 84.9 Å². The summed E-state index contributed by atoms with van der Waals surface area (Å²) < 4.78 is 9.01. The number of rotatable bonds is 3. The number of nitriles is 1. The molecule has 0 fully saturated rings. The van der Waals surface area contributed by atoms with Crippen LogP contribution in [0.25, 0.3) is 75.5 Å². The summed E-state index contributed by atoms with van der Waals surface area (Å²) in [5, 5.41) is 14.4. The lowest BCUT2D eigenvalue weighted by atomic mass is 9.89. The number of thiophene rings is 1. The third kappa shape index (κ3) is 3.55. The molecular weight excluding hydrogens is 506 g/mol. The summed E-state index contributed by atoms with van der Waals surface area (Å²) in [7, 11) is 0. The van der Waals surface area contributed by atoms with Crippen molar-refractivity contribution in [2.24, 2.45) is 0 Å². The number of hydrogen-bond acceptors (Lipinski definition) is 3. The van der Waals surface area contributed by atoms with Crippen molar-refractivity contribution in [2.45, 2.75) is 0 Å². The zero-order valence-electron chi connectivity index (χ0n) is 21.4. The summed E-state index contributed by atoms with van der Waals surface area (Å²) in [4.78, 5) is 0. The van der Waals surface area contributed by atoms with Gasteiger partial charge in [0.2, 0.25) is 0 Å². The molecule has 0 amide bonds. The second kappa shape index (κ2) is 8.95. The van der Waals surface area contributed by atoms with E-state index in [9.17, 15) is 5.26 Å². The second-order valence-electron chi connectivity index (χ2n) is 10.0. The molecule has 0 radical (unpaired) electrons. The minimum Gasteiger partial charge on any atom is -0.455 e. The molecule has 0 saturated carbocycles. The van der Waals surface area contributed by atoms with E-state index in [1.165, 1.54) is 25.7 Å². The summed E-state index contributed by atoms with van der Waals surface area (Å²) in [5.41, 5.74) is 8.89. The highest BCUT2D eigenvalue weighted by Gasteiger charge is 2.17. The molecule has 2 heterocycles. The largest absolute Gasteiger partial charge is 0.455 e. The number of nitrogens with zero attached hydrogens (tertiary/aromatic N) is 1. The molecule has 2 nitrogen and oxygen atoms in total. The van der Waals surface area contributed by atoms with E-state index in [1.807, 2.05) is 47.7 Å². The Morgan fingerprint density at radius 1 is 0.500 bits per heavy atom. The lowest BCUT2D eigenvalue weighted by molar-refractivity contribution is 0.670. The third-order valence-corrected chi connectivity index (χ3v) is 8.88. The van der Waals surface area contributed by atoms with Crippen LogP contribution in [-0.4, -0.2) is 0 Å². The third-order valence-electron chi connectivity index (χ3n) is 7.73. The van der Waals surface area contributed by atoms with Crippen molar-refractivity contribution < 1.29 is 4.42 Å². The fraction of sp³-hybridized carbons (Fsp3) is 0. The molecule has 8 aromatic rings. The van der Waals surface area contributed by atoms with Crippen molar-refractivity contribution in [3.8, 4) is 39.4 Å². The van der Waals surface area contributed by atoms with E-state index >= 15 is 0 Å². The molecular formula is C37H21NOS. The Morgan fingerprint density at radius 2 is 1.25 bits per heavy atom. The van der Waals surface area contributed by atoms with Gasteiger partial charge in [0.25, 0.3) is 0 Å². The molecule has 0 saturated heterocycles. The molecule has 3 heteroatoms. The van der Waals surface area contributed by atoms with Crippen LogP contribution in [-0.2, 0) is 0 Å². The van der Waals surface area contributed by atoms with Crippen molar-refractivity contribution in [3.05, 3.63) is 133 Å². The lowest BCUT2D eigenvalue weighted by Crippen LogP contribution is -1.89. The van der Waals surface area contributed by atoms with E-state index in [1.54, 1.807) is 0 Å². The van der Waals surface area contributed by atoms with Crippen molar-refractivity contribution in [3.63, 3.8) is 0 Å². The maximum atomic E-state index is 9.65. The topological polar surface area (TPSA) is 36.9 Å². The average Bonchev–Trinajstić information content (AvgIpc) is 3.59. The number of benzene rings is 6. The fourth-order valence-corrected chi connectivity index (χ4v) is 6.91. The van der Waals surface area contributed by atoms with Crippen LogP contribution in [0.2, 0.25) is 0 Å². The van der Waals surface area contributed by atoms with E-state index < -0.39 is 0 Å². The molecule has 0 spiro atoms. The van der Waals surface area contributed by atoms with E-state index in [-0.39, 0.29) is 0 Å².